The summed E-state index contributed by atoms with van der Waals surface area (Å²) in [6, 6.07) is 5.00. The third-order valence-electron chi connectivity index (χ3n) is 3.17. The van der Waals surface area contributed by atoms with Gasteiger partial charge in [-0.15, -0.1) is 0 Å². The van der Waals surface area contributed by atoms with Crippen LogP contribution in [-0.2, 0) is 4.74 Å². The SMILES string of the molecule is CC1OCCN(c2ccc(N)cc2F)C1C. The van der Waals surface area contributed by atoms with Gasteiger partial charge >= 0.3 is 0 Å². The lowest BCUT2D eigenvalue weighted by Gasteiger charge is -2.39. The lowest BCUT2D eigenvalue weighted by Crippen LogP contribution is -2.48. The molecule has 4 heteroatoms. The zero-order chi connectivity index (χ0) is 11.7. The highest BCUT2D eigenvalue weighted by Gasteiger charge is 2.27. The fraction of sp³-hybridized carbons (Fsp3) is 0.500. The molecule has 1 aromatic rings. The molecule has 1 aromatic carbocycles. The summed E-state index contributed by atoms with van der Waals surface area (Å²) < 4.78 is 19.3. The van der Waals surface area contributed by atoms with Crippen LogP contribution >= 0.6 is 0 Å². The van der Waals surface area contributed by atoms with E-state index >= 15 is 0 Å². The normalized spacial score (nSPS) is 25.8. The first-order chi connectivity index (χ1) is 7.59. The Morgan fingerprint density at radius 2 is 2.19 bits per heavy atom. The van der Waals surface area contributed by atoms with Gasteiger partial charge in [-0.05, 0) is 32.0 Å². The lowest BCUT2D eigenvalue weighted by atomic mass is 10.1. The topological polar surface area (TPSA) is 38.5 Å². The van der Waals surface area contributed by atoms with Crippen LogP contribution in [-0.4, -0.2) is 25.3 Å². The van der Waals surface area contributed by atoms with Crippen molar-refractivity contribution in [1.82, 2.24) is 0 Å². The Balaban J connectivity index is 2.29. The van der Waals surface area contributed by atoms with Gasteiger partial charge in [-0.1, -0.05) is 0 Å². The van der Waals surface area contributed by atoms with Crippen LogP contribution in [0.25, 0.3) is 0 Å². The van der Waals surface area contributed by atoms with Gasteiger partial charge in [0.25, 0.3) is 0 Å². The van der Waals surface area contributed by atoms with Crippen LogP contribution in [0.1, 0.15) is 13.8 Å². The van der Waals surface area contributed by atoms with Crippen molar-refractivity contribution in [2.75, 3.05) is 23.8 Å². The average Bonchev–Trinajstić information content (AvgIpc) is 2.23. The van der Waals surface area contributed by atoms with Crippen LogP contribution in [0.3, 0.4) is 0 Å². The third-order valence-corrected chi connectivity index (χ3v) is 3.17. The van der Waals surface area contributed by atoms with E-state index in [-0.39, 0.29) is 18.0 Å². The van der Waals surface area contributed by atoms with E-state index in [0.717, 1.165) is 0 Å². The number of hydrogen-bond acceptors (Lipinski definition) is 3. The van der Waals surface area contributed by atoms with Crippen LogP contribution in [0.4, 0.5) is 15.8 Å². The summed E-state index contributed by atoms with van der Waals surface area (Å²) in [5.41, 5.74) is 6.60. The van der Waals surface area contributed by atoms with Gasteiger partial charge < -0.3 is 15.4 Å². The van der Waals surface area contributed by atoms with Gasteiger partial charge in [-0.3, -0.25) is 0 Å². The fourth-order valence-electron chi connectivity index (χ4n) is 2.03. The smallest absolute Gasteiger partial charge is 0.148 e. The average molecular weight is 224 g/mol. The zero-order valence-electron chi connectivity index (χ0n) is 9.61. The number of halogens is 1. The summed E-state index contributed by atoms with van der Waals surface area (Å²) in [6.45, 7) is 5.40. The molecule has 1 aliphatic rings. The summed E-state index contributed by atoms with van der Waals surface area (Å²) >= 11 is 0. The van der Waals surface area contributed by atoms with Crippen molar-refractivity contribution in [1.29, 1.82) is 0 Å². The molecule has 0 aliphatic carbocycles. The highest BCUT2D eigenvalue weighted by Crippen LogP contribution is 2.26. The molecule has 2 atom stereocenters. The maximum atomic E-state index is 13.8. The number of ether oxygens (including phenoxy) is 1. The van der Waals surface area contributed by atoms with Gasteiger partial charge in [0.15, 0.2) is 0 Å². The number of benzene rings is 1. The van der Waals surface area contributed by atoms with Crippen molar-refractivity contribution < 1.29 is 9.13 Å². The largest absolute Gasteiger partial charge is 0.399 e. The van der Waals surface area contributed by atoms with E-state index in [4.69, 9.17) is 10.5 Å². The van der Waals surface area contributed by atoms with Crippen molar-refractivity contribution in [3.05, 3.63) is 24.0 Å². The first kappa shape index (κ1) is 11.2. The Bertz CT molecular complexity index is 383. The first-order valence-corrected chi connectivity index (χ1v) is 5.53. The van der Waals surface area contributed by atoms with E-state index in [2.05, 4.69) is 0 Å². The van der Waals surface area contributed by atoms with Gasteiger partial charge in [0.2, 0.25) is 0 Å². The highest BCUT2D eigenvalue weighted by molar-refractivity contribution is 5.55. The van der Waals surface area contributed by atoms with Gasteiger partial charge in [-0.25, -0.2) is 4.39 Å². The molecular weight excluding hydrogens is 207 g/mol. The predicted octanol–water partition coefficient (Wildman–Crippen LogP) is 2.02. The second-order valence-electron chi connectivity index (χ2n) is 4.22. The van der Waals surface area contributed by atoms with Crippen molar-refractivity contribution in [3.8, 4) is 0 Å². The van der Waals surface area contributed by atoms with E-state index in [1.807, 2.05) is 18.7 Å². The molecular formula is C12H17FN2O. The number of nitrogens with zero attached hydrogens (tertiary/aromatic N) is 1. The van der Waals surface area contributed by atoms with Crippen LogP contribution < -0.4 is 10.6 Å². The molecule has 2 rings (SSSR count). The molecule has 0 spiro atoms. The number of nitrogen functional groups attached to an aromatic ring is 1. The Hall–Kier alpha value is -1.29. The standard InChI is InChI=1S/C12H17FN2O/c1-8-9(2)16-6-5-15(8)12-4-3-10(14)7-11(12)13/h3-4,7-9H,5-6,14H2,1-2H3. The van der Waals surface area contributed by atoms with E-state index in [9.17, 15) is 4.39 Å². The minimum absolute atomic E-state index is 0.116. The van der Waals surface area contributed by atoms with E-state index < -0.39 is 0 Å². The predicted molar refractivity (Wildman–Crippen MR) is 63.0 cm³/mol. The Morgan fingerprint density at radius 3 is 2.88 bits per heavy atom. The lowest BCUT2D eigenvalue weighted by molar-refractivity contribution is 0.0282. The van der Waals surface area contributed by atoms with Crippen molar-refractivity contribution in [3.63, 3.8) is 0 Å². The van der Waals surface area contributed by atoms with Crippen LogP contribution in [0, 0.1) is 5.82 Å². The molecule has 3 nitrogen and oxygen atoms in total. The maximum absolute atomic E-state index is 13.8. The number of anilines is 2. The second-order valence-corrected chi connectivity index (χ2v) is 4.22. The number of nitrogens with two attached hydrogens (primary N) is 1. The molecule has 88 valence electrons. The highest BCUT2D eigenvalue weighted by atomic mass is 19.1. The summed E-state index contributed by atoms with van der Waals surface area (Å²) in [5.74, 6) is -0.263. The van der Waals surface area contributed by atoms with Crippen LogP contribution in [0.15, 0.2) is 18.2 Å². The second kappa shape index (κ2) is 4.29. The van der Waals surface area contributed by atoms with Crippen molar-refractivity contribution in [2.24, 2.45) is 0 Å². The zero-order valence-corrected chi connectivity index (χ0v) is 9.61. The molecule has 1 heterocycles. The molecule has 0 saturated carbocycles. The molecule has 0 radical (unpaired) electrons. The van der Waals surface area contributed by atoms with Crippen molar-refractivity contribution in [2.45, 2.75) is 26.0 Å². The van der Waals surface area contributed by atoms with Crippen LogP contribution in [0.2, 0.25) is 0 Å². The molecule has 0 aromatic heterocycles. The number of rotatable bonds is 1. The molecule has 0 amide bonds. The van der Waals surface area contributed by atoms with Gasteiger partial charge in [0, 0.05) is 12.2 Å². The molecule has 16 heavy (non-hydrogen) atoms. The molecule has 1 saturated heterocycles. The maximum Gasteiger partial charge on any atom is 0.148 e. The third kappa shape index (κ3) is 1.97. The quantitative estimate of drug-likeness (QED) is 0.742. The van der Waals surface area contributed by atoms with E-state index in [1.54, 1.807) is 12.1 Å². The summed E-state index contributed by atoms with van der Waals surface area (Å²) in [7, 11) is 0. The minimum atomic E-state index is -0.263. The van der Waals surface area contributed by atoms with E-state index in [0.29, 0.717) is 24.5 Å². The van der Waals surface area contributed by atoms with E-state index in [1.165, 1.54) is 6.07 Å². The molecule has 1 aliphatic heterocycles. The first-order valence-electron chi connectivity index (χ1n) is 5.53. The molecule has 2 N–H and O–H groups in total. The molecule has 2 unspecified atom stereocenters. The van der Waals surface area contributed by atoms with Crippen molar-refractivity contribution >= 4 is 11.4 Å². The fourth-order valence-corrected chi connectivity index (χ4v) is 2.03. The number of morpholine rings is 1. The Kier molecular flexibility index (Phi) is 3.01. The van der Waals surface area contributed by atoms with Gasteiger partial charge in [0.05, 0.1) is 24.4 Å². The summed E-state index contributed by atoms with van der Waals surface area (Å²) in [5, 5.41) is 0. The summed E-state index contributed by atoms with van der Waals surface area (Å²) in [6.07, 6.45) is 0.116. The van der Waals surface area contributed by atoms with Crippen LogP contribution in [0.5, 0.6) is 0 Å². The molecule has 0 bridgehead atoms. The Labute approximate surface area is 95.0 Å². The number of hydrogen-bond donors (Lipinski definition) is 1. The monoisotopic (exact) mass is 224 g/mol. The van der Waals surface area contributed by atoms with Gasteiger partial charge in [-0.2, -0.15) is 0 Å². The summed E-state index contributed by atoms with van der Waals surface area (Å²) in [4.78, 5) is 2.03. The Morgan fingerprint density at radius 1 is 1.44 bits per heavy atom. The minimum Gasteiger partial charge on any atom is -0.399 e. The molecule has 1 fully saturated rings. The van der Waals surface area contributed by atoms with Gasteiger partial charge in [0.1, 0.15) is 5.82 Å².